The summed E-state index contributed by atoms with van der Waals surface area (Å²) in [4.78, 5) is 27.6. The van der Waals surface area contributed by atoms with Gasteiger partial charge in [0.05, 0.1) is 5.56 Å². The summed E-state index contributed by atoms with van der Waals surface area (Å²) in [7, 11) is 0. The number of piperazine rings is 1. The lowest BCUT2D eigenvalue weighted by molar-refractivity contribution is -0.137. The van der Waals surface area contributed by atoms with Crippen LogP contribution in [0.3, 0.4) is 0 Å². The van der Waals surface area contributed by atoms with Crippen molar-refractivity contribution >= 4 is 11.9 Å². The van der Waals surface area contributed by atoms with Gasteiger partial charge in [0.2, 0.25) is 0 Å². The molecule has 0 radical (unpaired) electrons. The average Bonchev–Trinajstić information content (AvgIpc) is 2.69. The monoisotopic (exact) mass is 384 g/mol. The lowest BCUT2D eigenvalue weighted by atomic mass is 9.98. The molecular weight excluding hydrogens is 359 g/mol. The van der Waals surface area contributed by atoms with Crippen LogP contribution in [0.15, 0.2) is 48.5 Å². The number of nitrogens with zero attached hydrogens (tertiary/aromatic N) is 2. The van der Waals surface area contributed by atoms with E-state index in [1.807, 2.05) is 31.2 Å². The van der Waals surface area contributed by atoms with Crippen molar-refractivity contribution in [2.45, 2.75) is 25.8 Å². The van der Waals surface area contributed by atoms with Gasteiger partial charge in [-0.15, -0.1) is 0 Å². The molecule has 6 heteroatoms. The zero-order valence-electron chi connectivity index (χ0n) is 16.0. The molecule has 1 saturated heterocycles. The minimum atomic E-state index is -0.814. The number of carboxylic acids is 1. The summed E-state index contributed by atoms with van der Waals surface area (Å²) in [6.45, 7) is 4.24. The predicted octanol–water partition coefficient (Wildman–Crippen LogP) is 3.50. The van der Waals surface area contributed by atoms with Gasteiger partial charge in [0.15, 0.2) is 0 Å². The number of carboxylic acid groups (broad SMARTS) is 1. The van der Waals surface area contributed by atoms with E-state index >= 15 is 0 Å². The molecule has 1 aliphatic rings. The molecule has 5 nitrogen and oxygen atoms in total. The first-order valence-corrected chi connectivity index (χ1v) is 9.52. The maximum atomic E-state index is 13.9. The molecule has 0 spiro atoms. The van der Waals surface area contributed by atoms with Crippen LogP contribution in [0, 0.1) is 12.7 Å². The number of hydrogen-bond donors (Lipinski definition) is 1. The quantitative estimate of drug-likeness (QED) is 0.828. The normalized spacial score (nSPS) is 16.0. The predicted molar refractivity (Wildman–Crippen MR) is 105 cm³/mol. The number of aliphatic carboxylic acids is 1. The fourth-order valence-electron chi connectivity index (χ4n) is 3.65. The van der Waals surface area contributed by atoms with Gasteiger partial charge in [-0.1, -0.05) is 42.0 Å². The first kappa shape index (κ1) is 20.0. The van der Waals surface area contributed by atoms with Crippen LogP contribution in [0.1, 0.15) is 40.4 Å². The van der Waals surface area contributed by atoms with Crippen LogP contribution in [0.2, 0.25) is 0 Å². The molecule has 0 unspecified atom stereocenters. The van der Waals surface area contributed by atoms with Gasteiger partial charge in [-0.2, -0.15) is 0 Å². The average molecular weight is 384 g/mol. The number of halogens is 1. The van der Waals surface area contributed by atoms with Crippen molar-refractivity contribution in [2.75, 3.05) is 26.2 Å². The summed E-state index contributed by atoms with van der Waals surface area (Å²) in [6.07, 6.45) is 0.604. The molecule has 0 aromatic heterocycles. The zero-order chi connectivity index (χ0) is 20.1. The van der Waals surface area contributed by atoms with Gasteiger partial charge in [0.1, 0.15) is 5.82 Å². The fraction of sp³-hybridized carbons (Fsp3) is 0.364. The first-order valence-electron chi connectivity index (χ1n) is 9.52. The van der Waals surface area contributed by atoms with E-state index in [4.69, 9.17) is 5.11 Å². The lowest BCUT2D eigenvalue weighted by Crippen LogP contribution is -2.49. The Kier molecular flexibility index (Phi) is 6.41. The number of rotatable bonds is 6. The van der Waals surface area contributed by atoms with E-state index in [0.717, 1.165) is 11.1 Å². The van der Waals surface area contributed by atoms with Crippen molar-refractivity contribution in [3.8, 4) is 0 Å². The first-order chi connectivity index (χ1) is 13.5. The van der Waals surface area contributed by atoms with E-state index in [0.29, 0.717) is 32.6 Å². The molecule has 1 heterocycles. The van der Waals surface area contributed by atoms with Gasteiger partial charge < -0.3 is 10.0 Å². The summed E-state index contributed by atoms with van der Waals surface area (Å²) in [6, 6.07) is 14.2. The van der Waals surface area contributed by atoms with Crippen molar-refractivity contribution in [1.82, 2.24) is 9.80 Å². The smallest absolute Gasteiger partial charge is 0.303 e. The van der Waals surface area contributed by atoms with Crippen molar-refractivity contribution in [2.24, 2.45) is 0 Å². The molecule has 1 amide bonds. The van der Waals surface area contributed by atoms with Crippen LogP contribution in [-0.4, -0.2) is 53.0 Å². The Hall–Kier alpha value is -2.73. The van der Waals surface area contributed by atoms with Gasteiger partial charge >= 0.3 is 5.97 Å². The standard InChI is InChI=1S/C22H25FN2O3/c1-16-6-8-17(9-7-16)20(10-11-21(26)27)24-12-14-25(15-13-24)22(28)18-4-2-3-5-19(18)23/h2-9,20H,10-15H2,1H3,(H,26,27)/t20-/m0/s1. The molecule has 1 aliphatic heterocycles. The molecule has 1 N–H and O–H groups in total. The number of aryl methyl sites for hydroxylation is 1. The maximum absolute atomic E-state index is 13.9. The third-order valence-corrected chi connectivity index (χ3v) is 5.24. The van der Waals surface area contributed by atoms with Crippen LogP contribution < -0.4 is 0 Å². The summed E-state index contributed by atoms with van der Waals surface area (Å²) >= 11 is 0. The molecule has 0 bridgehead atoms. The Balaban J connectivity index is 1.69. The number of amides is 1. The Bertz CT molecular complexity index is 830. The number of benzene rings is 2. The van der Waals surface area contributed by atoms with E-state index in [-0.39, 0.29) is 23.9 Å². The van der Waals surface area contributed by atoms with Crippen LogP contribution in [-0.2, 0) is 4.79 Å². The maximum Gasteiger partial charge on any atom is 0.303 e. The Morgan fingerprint density at radius 1 is 1.04 bits per heavy atom. The van der Waals surface area contributed by atoms with E-state index in [2.05, 4.69) is 4.90 Å². The van der Waals surface area contributed by atoms with Crippen molar-refractivity contribution in [3.63, 3.8) is 0 Å². The molecule has 0 aliphatic carbocycles. The topological polar surface area (TPSA) is 60.9 Å². The summed E-state index contributed by atoms with van der Waals surface area (Å²) < 4.78 is 13.9. The Morgan fingerprint density at radius 3 is 2.29 bits per heavy atom. The van der Waals surface area contributed by atoms with Crippen LogP contribution in [0.4, 0.5) is 4.39 Å². The van der Waals surface area contributed by atoms with Gasteiger partial charge in [-0.3, -0.25) is 14.5 Å². The largest absolute Gasteiger partial charge is 0.481 e. The molecular formula is C22H25FN2O3. The third-order valence-electron chi connectivity index (χ3n) is 5.24. The van der Waals surface area contributed by atoms with Crippen molar-refractivity contribution in [3.05, 3.63) is 71.0 Å². The molecule has 3 rings (SSSR count). The van der Waals surface area contributed by atoms with Crippen molar-refractivity contribution in [1.29, 1.82) is 0 Å². The van der Waals surface area contributed by atoms with E-state index in [1.165, 1.54) is 12.1 Å². The number of hydrogen-bond acceptors (Lipinski definition) is 3. The van der Waals surface area contributed by atoms with Crippen molar-refractivity contribution < 1.29 is 19.1 Å². The minimum Gasteiger partial charge on any atom is -0.481 e. The zero-order valence-corrected chi connectivity index (χ0v) is 16.0. The molecule has 1 fully saturated rings. The molecule has 2 aromatic carbocycles. The highest BCUT2D eigenvalue weighted by Crippen LogP contribution is 2.27. The SMILES string of the molecule is Cc1ccc([C@H](CCC(=O)O)N2CCN(C(=O)c3ccccc3F)CC2)cc1. The van der Waals surface area contributed by atoms with Crippen LogP contribution in [0.25, 0.3) is 0 Å². The second-order valence-electron chi connectivity index (χ2n) is 7.17. The Labute approximate surface area is 164 Å². The highest BCUT2D eigenvalue weighted by molar-refractivity contribution is 5.94. The highest BCUT2D eigenvalue weighted by atomic mass is 19.1. The molecule has 0 saturated carbocycles. The molecule has 1 atom stereocenters. The molecule has 2 aromatic rings. The Morgan fingerprint density at radius 2 is 1.68 bits per heavy atom. The van der Waals surface area contributed by atoms with Gasteiger partial charge in [0, 0.05) is 38.6 Å². The summed E-state index contributed by atoms with van der Waals surface area (Å²) in [5.74, 6) is -1.62. The second kappa shape index (κ2) is 8.97. The second-order valence-corrected chi connectivity index (χ2v) is 7.17. The van der Waals surface area contributed by atoms with E-state index in [9.17, 15) is 14.0 Å². The van der Waals surface area contributed by atoms with Crippen LogP contribution >= 0.6 is 0 Å². The third kappa shape index (κ3) is 4.75. The fourth-order valence-corrected chi connectivity index (χ4v) is 3.65. The molecule has 28 heavy (non-hydrogen) atoms. The van der Waals surface area contributed by atoms with Gasteiger partial charge in [-0.05, 0) is 31.0 Å². The minimum absolute atomic E-state index is 0.0117. The summed E-state index contributed by atoms with van der Waals surface area (Å²) in [5.41, 5.74) is 2.33. The van der Waals surface area contributed by atoms with E-state index in [1.54, 1.807) is 17.0 Å². The number of carbonyl (C=O) groups is 2. The van der Waals surface area contributed by atoms with Gasteiger partial charge in [-0.25, -0.2) is 4.39 Å². The van der Waals surface area contributed by atoms with Crippen LogP contribution in [0.5, 0.6) is 0 Å². The van der Waals surface area contributed by atoms with E-state index < -0.39 is 11.8 Å². The summed E-state index contributed by atoms with van der Waals surface area (Å²) in [5, 5.41) is 9.11. The highest BCUT2D eigenvalue weighted by Gasteiger charge is 2.28. The number of carbonyl (C=O) groups excluding carboxylic acids is 1. The lowest BCUT2D eigenvalue weighted by Gasteiger charge is -2.39. The molecule has 148 valence electrons. The van der Waals surface area contributed by atoms with Gasteiger partial charge in [0.25, 0.3) is 5.91 Å².